The van der Waals surface area contributed by atoms with Crippen LogP contribution in [-0.2, 0) is 54.4 Å². The smallest absolute Gasteiger partial charge is 0.225 e. The molecule has 3 aliphatic carbocycles. The third kappa shape index (κ3) is 12.1. The van der Waals surface area contributed by atoms with Crippen molar-refractivity contribution in [3.63, 3.8) is 0 Å². The van der Waals surface area contributed by atoms with Crippen molar-refractivity contribution in [2.24, 2.45) is 53.0 Å². The maximum Gasteiger partial charge on any atom is 0.225 e. The predicted octanol–water partition coefficient (Wildman–Crippen LogP) is 10.1. The molecule has 0 radical (unpaired) electrons. The Morgan fingerprint density at radius 3 is 1.37 bits per heavy atom. The molecule has 14 rings (SSSR count). The lowest BCUT2D eigenvalue weighted by Gasteiger charge is -2.22. The van der Waals surface area contributed by atoms with Crippen molar-refractivity contribution >= 4 is 61.0 Å². The normalized spacial score (nSPS) is 19.5. The third-order valence-electron chi connectivity index (χ3n) is 17.1. The molecule has 3 saturated carbocycles. The first kappa shape index (κ1) is 55.9. The highest BCUT2D eigenvalue weighted by atomic mass is 16.5. The van der Waals surface area contributed by atoms with E-state index in [1.165, 1.54) is 10.9 Å². The van der Waals surface area contributed by atoms with Crippen LogP contribution in [0.1, 0.15) is 97.4 Å². The van der Waals surface area contributed by atoms with Crippen LogP contribution in [0.5, 0.6) is 17.6 Å². The number of hydrogen-bond donors (Lipinski definition) is 0. The van der Waals surface area contributed by atoms with Crippen molar-refractivity contribution in [2.45, 2.75) is 116 Å². The molecular formula is C63H72N14O7. The summed E-state index contributed by atoms with van der Waals surface area (Å²) < 4.78 is 35.5. The third-order valence-corrected chi connectivity index (χ3v) is 17.1. The molecule has 21 heteroatoms. The van der Waals surface area contributed by atoms with Gasteiger partial charge in [0, 0.05) is 170 Å². The van der Waals surface area contributed by atoms with E-state index in [0.29, 0.717) is 79.6 Å². The van der Waals surface area contributed by atoms with Gasteiger partial charge in [0.1, 0.15) is 35.7 Å². The molecular weight excluding hydrogens is 1060 g/mol. The van der Waals surface area contributed by atoms with Crippen LogP contribution in [0, 0.1) is 17.8 Å². The summed E-state index contributed by atoms with van der Waals surface area (Å²) in [5, 5.41) is 26.3. The van der Waals surface area contributed by atoms with E-state index >= 15 is 0 Å². The maximum atomic E-state index is 11.7. The Bertz CT molecular complexity index is 4060. The second-order valence-electron chi connectivity index (χ2n) is 23.4. The fourth-order valence-corrected chi connectivity index (χ4v) is 12.2. The van der Waals surface area contributed by atoms with Gasteiger partial charge in [-0.15, -0.1) is 0 Å². The molecule has 0 bridgehead atoms. The topological polar surface area (TPSA) is 221 Å². The summed E-state index contributed by atoms with van der Waals surface area (Å²) in [5.41, 5.74) is 9.03. The molecule has 4 fully saturated rings. The van der Waals surface area contributed by atoms with E-state index in [1.807, 2.05) is 110 Å². The maximum absolute atomic E-state index is 11.7. The first-order valence-corrected chi connectivity index (χ1v) is 29.3. The lowest BCUT2D eigenvalue weighted by Crippen LogP contribution is -2.22. The van der Waals surface area contributed by atoms with Gasteiger partial charge in [-0.2, -0.15) is 25.5 Å². The van der Waals surface area contributed by atoms with E-state index in [0.717, 1.165) is 112 Å². The highest BCUT2D eigenvalue weighted by Gasteiger charge is 2.32. The number of benzene rings is 1. The zero-order chi connectivity index (χ0) is 58.3. The number of Topliss-reactive ketones (excluding diaryl/α,β-unsaturated/α-hetero) is 3. The Morgan fingerprint density at radius 1 is 0.500 bits per heavy atom. The number of carbonyl (C=O) groups excluding carboxylic acids is 3. The Hall–Kier alpha value is -8.59. The molecule has 1 saturated heterocycles. The fourth-order valence-electron chi connectivity index (χ4n) is 12.2. The summed E-state index contributed by atoms with van der Waals surface area (Å²) in [6, 6.07) is 14.8. The van der Waals surface area contributed by atoms with E-state index in [4.69, 9.17) is 33.9 Å². The number of aryl methyl sites for hydroxylation is 5. The molecule has 10 heterocycles. The molecule has 10 aromatic rings. The number of nitrogens with zero attached hydrogens (tertiary/aromatic N) is 14. The fraction of sp³-hybridized carbons (Fsp3) is 0.444. The minimum Gasteiger partial charge on any atom is -0.474 e. The number of ketones is 3. The SMILES string of the molecule is C[C@@H](Oc1nc(-c2ccc3c(ccn3C)c2)cc2nn(C)cc12)[C@H]1CCC(=O)C1.C[C@@H](Oc1nc(-c2cnn(C)c2)cc2nn(C)cc12)[C@H]1CCC(=O)C1.C[C@@H](Oc1nc(-c2cnn(C3CCOCC3)c2)cc2nn(C)cc12)[C@H]1CCC(=O)C1. The second kappa shape index (κ2) is 23.6. The summed E-state index contributed by atoms with van der Waals surface area (Å²) >= 11 is 0. The van der Waals surface area contributed by atoms with E-state index in [1.54, 1.807) is 24.9 Å². The van der Waals surface area contributed by atoms with Crippen LogP contribution in [0.15, 0.2) is 92.0 Å². The van der Waals surface area contributed by atoms with Crippen molar-refractivity contribution < 1.29 is 33.3 Å². The molecule has 0 N–H and O–H groups in total. The molecule has 21 nitrogen and oxygen atoms in total. The summed E-state index contributed by atoms with van der Waals surface area (Å²) in [6.45, 7) is 7.64. The van der Waals surface area contributed by atoms with Gasteiger partial charge in [0.2, 0.25) is 17.6 Å². The standard InChI is InChI=1S/C23H24N4O2.C22H27N5O3.C18H21N5O2/c1-14(15-4-6-18(28)11-15)29-23-19-13-27(3)25-21(19)12-20(24-23)16-5-7-22-17(10-16)8-9-26(22)2;1-14(15-3-4-18(28)9-15)30-22-19-13-26(2)25-21(19)10-20(24-22)16-11-23-27(12-16)17-5-7-29-8-6-17;1-11(12-4-5-14(24)6-12)25-18-15-10-23(3)21-17(15)7-16(20-18)13-8-19-22(2)9-13/h5,7-10,12-15H,4,6,11H2,1-3H3;10-15,17H,3-9H2,1-2H3;7-12H,4-6H2,1-3H3/t2*14-,15+;11-,12+/m111/s1. The van der Waals surface area contributed by atoms with Crippen molar-refractivity contribution in [2.75, 3.05) is 13.2 Å². The number of carbonyl (C=O) groups is 3. The van der Waals surface area contributed by atoms with Crippen LogP contribution in [0.4, 0.5) is 0 Å². The molecule has 0 amide bonds. The Morgan fingerprint density at radius 2 is 0.940 bits per heavy atom. The van der Waals surface area contributed by atoms with Gasteiger partial charge >= 0.3 is 0 Å². The minimum absolute atomic E-state index is 0.0634. The van der Waals surface area contributed by atoms with Crippen molar-refractivity contribution in [3.05, 3.63) is 92.0 Å². The van der Waals surface area contributed by atoms with Crippen molar-refractivity contribution in [1.29, 1.82) is 0 Å². The first-order chi connectivity index (χ1) is 40.5. The zero-order valence-electron chi connectivity index (χ0n) is 49.0. The monoisotopic (exact) mass is 1140 g/mol. The van der Waals surface area contributed by atoms with Gasteiger partial charge in [-0.25, -0.2) is 15.0 Å². The summed E-state index contributed by atoms with van der Waals surface area (Å²) in [7, 11) is 9.59. The Labute approximate surface area is 486 Å². The summed E-state index contributed by atoms with van der Waals surface area (Å²) in [6.07, 6.45) is 23.6. The lowest BCUT2D eigenvalue weighted by molar-refractivity contribution is -0.118. The van der Waals surface area contributed by atoms with Crippen LogP contribution >= 0.6 is 0 Å². The molecule has 9 aromatic heterocycles. The van der Waals surface area contributed by atoms with E-state index in [9.17, 15) is 14.4 Å². The second-order valence-corrected chi connectivity index (χ2v) is 23.4. The molecule has 6 atom stereocenters. The Kier molecular flexibility index (Phi) is 15.7. The van der Waals surface area contributed by atoms with E-state index in [-0.39, 0.29) is 36.1 Å². The number of aromatic nitrogens is 14. The average Bonchev–Trinajstić information content (AvgIpc) is 4.27. The van der Waals surface area contributed by atoms with Crippen LogP contribution in [-0.4, -0.2) is 117 Å². The van der Waals surface area contributed by atoms with Crippen LogP contribution in [0.2, 0.25) is 0 Å². The van der Waals surface area contributed by atoms with Crippen LogP contribution in [0.3, 0.4) is 0 Å². The van der Waals surface area contributed by atoms with Gasteiger partial charge in [-0.05, 0) is 89.3 Å². The molecule has 0 spiro atoms. The average molecular weight is 1140 g/mol. The highest BCUT2D eigenvalue weighted by Crippen LogP contribution is 2.37. The van der Waals surface area contributed by atoms with Gasteiger partial charge in [0.05, 0.1) is 68.2 Å². The van der Waals surface area contributed by atoms with Gasteiger partial charge in [0.15, 0.2) is 0 Å². The molecule has 1 aromatic carbocycles. The lowest BCUT2D eigenvalue weighted by atomic mass is 10.0. The van der Waals surface area contributed by atoms with Gasteiger partial charge in [-0.3, -0.25) is 37.8 Å². The van der Waals surface area contributed by atoms with Crippen LogP contribution < -0.4 is 14.2 Å². The van der Waals surface area contributed by atoms with Gasteiger partial charge < -0.3 is 23.5 Å². The number of fused-ring (bicyclic) bond motifs is 4. The van der Waals surface area contributed by atoms with Crippen LogP contribution in [0.25, 0.3) is 77.4 Å². The number of pyridine rings is 3. The van der Waals surface area contributed by atoms with Gasteiger partial charge in [-0.1, -0.05) is 6.07 Å². The van der Waals surface area contributed by atoms with Gasteiger partial charge in [0.25, 0.3) is 0 Å². The number of ether oxygens (including phenoxy) is 4. The first-order valence-electron chi connectivity index (χ1n) is 29.3. The molecule has 84 heavy (non-hydrogen) atoms. The highest BCUT2D eigenvalue weighted by molar-refractivity contribution is 5.91. The Balaban J connectivity index is 0.000000125. The van der Waals surface area contributed by atoms with Crippen molar-refractivity contribution in [1.82, 2.24) is 68.4 Å². The minimum atomic E-state index is -0.0763. The van der Waals surface area contributed by atoms with E-state index in [2.05, 4.69) is 66.7 Å². The molecule has 436 valence electrons. The number of hydrogen-bond acceptors (Lipinski definition) is 15. The summed E-state index contributed by atoms with van der Waals surface area (Å²) in [4.78, 5) is 49.4. The quantitative estimate of drug-likeness (QED) is 0.105. The van der Waals surface area contributed by atoms with E-state index < -0.39 is 0 Å². The molecule has 0 unspecified atom stereocenters. The zero-order valence-corrected chi connectivity index (χ0v) is 49.0. The predicted molar refractivity (Wildman–Crippen MR) is 317 cm³/mol. The molecule has 4 aliphatic rings. The number of rotatable bonds is 13. The largest absolute Gasteiger partial charge is 0.474 e. The summed E-state index contributed by atoms with van der Waals surface area (Å²) in [5.74, 6) is 3.45. The molecule has 1 aliphatic heterocycles. The van der Waals surface area contributed by atoms with Crippen molar-refractivity contribution in [3.8, 4) is 51.4 Å².